The number of hydrogen-bond acceptors (Lipinski definition) is 3. The Bertz CT molecular complexity index is 411. The minimum absolute atomic E-state index is 0.249. The molecule has 1 heterocycles. The number of benzene rings is 1. The first-order valence-electron chi connectivity index (χ1n) is 7.06. The maximum atomic E-state index is 13.3. The van der Waals surface area contributed by atoms with Crippen LogP contribution < -0.4 is 15.0 Å². The molecule has 19 heavy (non-hydrogen) atoms. The number of nitrogens with zero attached hydrogens (tertiary/aromatic N) is 1. The van der Waals surface area contributed by atoms with Crippen molar-refractivity contribution in [1.82, 2.24) is 5.32 Å². The van der Waals surface area contributed by atoms with Gasteiger partial charge in [-0.25, -0.2) is 4.39 Å². The van der Waals surface area contributed by atoms with Crippen LogP contribution in [0.1, 0.15) is 26.2 Å². The van der Waals surface area contributed by atoms with Crippen molar-refractivity contribution in [2.45, 2.75) is 32.2 Å². The molecule has 1 aliphatic rings. The monoisotopic (exact) mass is 266 g/mol. The van der Waals surface area contributed by atoms with Gasteiger partial charge in [-0.1, -0.05) is 6.92 Å². The molecule has 0 spiro atoms. The van der Waals surface area contributed by atoms with E-state index in [4.69, 9.17) is 4.74 Å². The topological polar surface area (TPSA) is 24.5 Å². The third kappa shape index (κ3) is 3.60. The predicted molar refractivity (Wildman–Crippen MR) is 76.5 cm³/mol. The van der Waals surface area contributed by atoms with Gasteiger partial charge in [0.1, 0.15) is 11.6 Å². The number of ether oxygens (including phenoxy) is 1. The molecule has 1 atom stereocenters. The summed E-state index contributed by atoms with van der Waals surface area (Å²) in [5, 5.41) is 3.56. The zero-order valence-corrected chi connectivity index (χ0v) is 11.8. The number of rotatable bonds is 3. The van der Waals surface area contributed by atoms with Crippen LogP contribution in [0.25, 0.3) is 0 Å². The second-order valence-corrected chi connectivity index (χ2v) is 5.00. The Morgan fingerprint density at radius 1 is 1.42 bits per heavy atom. The van der Waals surface area contributed by atoms with E-state index in [0.717, 1.165) is 44.6 Å². The summed E-state index contributed by atoms with van der Waals surface area (Å²) in [6, 6.07) is 5.37. The van der Waals surface area contributed by atoms with Gasteiger partial charge in [0.05, 0.1) is 12.8 Å². The van der Waals surface area contributed by atoms with Crippen LogP contribution in [0.15, 0.2) is 18.2 Å². The number of hydrogen-bond donors (Lipinski definition) is 1. The SMILES string of the molecule is CCC1CCN(c2ccc(F)cc2OC)CCCN1. The summed E-state index contributed by atoms with van der Waals surface area (Å²) in [5.74, 6) is 0.377. The van der Waals surface area contributed by atoms with E-state index >= 15 is 0 Å². The van der Waals surface area contributed by atoms with Gasteiger partial charge in [-0.15, -0.1) is 0 Å². The Balaban J connectivity index is 2.14. The summed E-state index contributed by atoms with van der Waals surface area (Å²) in [6.07, 6.45) is 3.35. The number of methoxy groups -OCH3 is 1. The average molecular weight is 266 g/mol. The third-order valence-electron chi connectivity index (χ3n) is 3.76. The Hall–Kier alpha value is -1.29. The molecule has 1 aliphatic heterocycles. The van der Waals surface area contributed by atoms with Gasteiger partial charge in [0.25, 0.3) is 0 Å². The van der Waals surface area contributed by atoms with Crippen LogP contribution in [0, 0.1) is 5.82 Å². The molecule has 0 amide bonds. The molecule has 106 valence electrons. The van der Waals surface area contributed by atoms with Crippen molar-refractivity contribution in [3.8, 4) is 5.75 Å². The van der Waals surface area contributed by atoms with Gasteiger partial charge in [0.15, 0.2) is 0 Å². The number of anilines is 1. The van der Waals surface area contributed by atoms with E-state index in [1.807, 2.05) is 6.07 Å². The molecule has 1 saturated heterocycles. The second-order valence-electron chi connectivity index (χ2n) is 5.00. The van der Waals surface area contributed by atoms with Crippen molar-refractivity contribution in [2.75, 3.05) is 31.6 Å². The molecule has 3 nitrogen and oxygen atoms in total. The summed E-state index contributed by atoms with van der Waals surface area (Å²) in [4.78, 5) is 2.31. The first-order valence-corrected chi connectivity index (χ1v) is 7.06. The first kappa shape index (κ1) is 14.1. The first-order chi connectivity index (χ1) is 9.24. The highest BCUT2D eigenvalue weighted by Gasteiger charge is 2.17. The Kier molecular flexibility index (Phi) is 5.02. The Morgan fingerprint density at radius 2 is 2.26 bits per heavy atom. The summed E-state index contributed by atoms with van der Waals surface area (Å²) >= 11 is 0. The molecular formula is C15H23FN2O. The zero-order chi connectivity index (χ0) is 13.7. The lowest BCUT2D eigenvalue weighted by molar-refractivity contribution is 0.405. The van der Waals surface area contributed by atoms with E-state index < -0.39 is 0 Å². The smallest absolute Gasteiger partial charge is 0.145 e. The normalized spacial score (nSPS) is 20.8. The van der Waals surface area contributed by atoms with Crippen LogP contribution in [-0.2, 0) is 0 Å². The van der Waals surface area contributed by atoms with Gasteiger partial charge in [-0.2, -0.15) is 0 Å². The van der Waals surface area contributed by atoms with Crippen LogP contribution in [-0.4, -0.2) is 32.8 Å². The molecule has 1 aromatic rings. The van der Waals surface area contributed by atoms with Crippen LogP contribution in [0.4, 0.5) is 10.1 Å². The Labute approximate surface area is 114 Å². The van der Waals surface area contributed by atoms with E-state index in [0.29, 0.717) is 11.8 Å². The van der Waals surface area contributed by atoms with E-state index in [9.17, 15) is 4.39 Å². The Morgan fingerprint density at radius 3 is 3.00 bits per heavy atom. The van der Waals surface area contributed by atoms with Crippen molar-refractivity contribution in [2.24, 2.45) is 0 Å². The van der Waals surface area contributed by atoms with Crippen molar-refractivity contribution < 1.29 is 9.13 Å². The van der Waals surface area contributed by atoms with Gasteiger partial charge in [0.2, 0.25) is 0 Å². The standard InChI is InChI=1S/C15H23FN2O/c1-3-13-7-10-18(9-4-8-17-13)14-6-5-12(16)11-15(14)19-2/h5-6,11,13,17H,3-4,7-10H2,1-2H3. The van der Waals surface area contributed by atoms with E-state index in [1.165, 1.54) is 12.1 Å². The molecule has 2 rings (SSSR count). The third-order valence-corrected chi connectivity index (χ3v) is 3.76. The molecule has 0 radical (unpaired) electrons. The van der Waals surface area contributed by atoms with Crippen molar-refractivity contribution in [3.05, 3.63) is 24.0 Å². The number of halogens is 1. The summed E-state index contributed by atoms with van der Waals surface area (Å²) < 4.78 is 18.6. The lowest BCUT2D eigenvalue weighted by Gasteiger charge is -2.31. The van der Waals surface area contributed by atoms with Gasteiger partial charge in [-0.3, -0.25) is 0 Å². The highest BCUT2D eigenvalue weighted by molar-refractivity contribution is 5.58. The maximum Gasteiger partial charge on any atom is 0.145 e. The number of nitrogens with one attached hydrogen (secondary N) is 1. The summed E-state index contributed by atoms with van der Waals surface area (Å²) in [7, 11) is 1.60. The van der Waals surface area contributed by atoms with Gasteiger partial charge in [0, 0.05) is 25.2 Å². The largest absolute Gasteiger partial charge is 0.494 e. The van der Waals surface area contributed by atoms with Gasteiger partial charge < -0.3 is 15.0 Å². The van der Waals surface area contributed by atoms with Gasteiger partial charge in [-0.05, 0) is 37.9 Å². The summed E-state index contributed by atoms with van der Waals surface area (Å²) in [5.41, 5.74) is 1.00. The minimum atomic E-state index is -0.249. The zero-order valence-electron chi connectivity index (χ0n) is 11.8. The van der Waals surface area contributed by atoms with Crippen LogP contribution >= 0.6 is 0 Å². The predicted octanol–water partition coefficient (Wildman–Crippen LogP) is 2.80. The van der Waals surface area contributed by atoms with Crippen LogP contribution in [0.3, 0.4) is 0 Å². The highest BCUT2D eigenvalue weighted by Crippen LogP contribution is 2.29. The molecule has 0 bridgehead atoms. The van der Waals surface area contributed by atoms with Crippen molar-refractivity contribution in [3.63, 3.8) is 0 Å². The van der Waals surface area contributed by atoms with E-state index in [2.05, 4.69) is 17.1 Å². The second kappa shape index (κ2) is 6.75. The van der Waals surface area contributed by atoms with E-state index in [-0.39, 0.29) is 5.82 Å². The quantitative estimate of drug-likeness (QED) is 0.910. The lowest BCUT2D eigenvalue weighted by atomic mass is 10.1. The summed E-state index contributed by atoms with van der Waals surface area (Å²) in [6.45, 7) is 5.21. The highest BCUT2D eigenvalue weighted by atomic mass is 19.1. The fourth-order valence-corrected chi connectivity index (χ4v) is 2.60. The molecule has 1 fully saturated rings. The maximum absolute atomic E-state index is 13.3. The molecule has 1 N–H and O–H groups in total. The molecule has 0 saturated carbocycles. The minimum Gasteiger partial charge on any atom is -0.494 e. The molecule has 1 aromatic carbocycles. The average Bonchev–Trinajstić information content (AvgIpc) is 2.40. The fraction of sp³-hybridized carbons (Fsp3) is 0.600. The molecular weight excluding hydrogens is 243 g/mol. The van der Waals surface area contributed by atoms with Gasteiger partial charge >= 0.3 is 0 Å². The fourth-order valence-electron chi connectivity index (χ4n) is 2.60. The lowest BCUT2D eigenvalue weighted by Crippen LogP contribution is -2.39. The molecule has 0 aliphatic carbocycles. The van der Waals surface area contributed by atoms with Crippen molar-refractivity contribution in [1.29, 1.82) is 0 Å². The van der Waals surface area contributed by atoms with Crippen LogP contribution in [0.5, 0.6) is 5.75 Å². The van der Waals surface area contributed by atoms with Crippen molar-refractivity contribution >= 4 is 5.69 Å². The van der Waals surface area contributed by atoms with E-state index in [1.54, 1.807) is 7.11 Å². The van der Waals surface area contributed by atoms with Crippen LogP contribution in [0.2, 0.25) is 0 Å². The molecule has 0 aromatic heterocycles. The molecule has 4 heteroatoms. The molecule has 1 unspecified atom stereocenters.